The Morgan fingerprint density at radius 1 is 1.40 bits per heavy atom. The molecule has 1 fully saturated rings. The molecule has 1 aromatic heterocycles. The fraction of sp³-hybridized carbons (Fsp3) is 0.833. The molecule has 20 heavy (non-hydrogen) atoms. The molecule has 0 bridgehead atoms. The molecule has 1 aromatic rings. The van der Waals surface area contributed by atoms with Gasteiger partial charge in [-0.15, -0.1) is 5.10 Å². The van der Waals surface area contributed by atoms with E-state index in [1.165, 1.54) is 25.5 Å². The van der Waals surface area contributed by atoms with E-state index in [9.17, 15) is 8.42 Å². The maximum atomic E-state index is 11.3. The zero-order chi connectivity index (χ0) is 14.8. The molecule has 6 nitrogen and oxygen atoms in total. The number of nitrogens with zero attached hydrogens (tertiary/aromatic N) is 3. The molecule has 1 aliphatic carbocycles. The third-order valence-corrected chi connectivity index (χ3v) is 4.98. The van der Waals surface area contributed by atoms with E-state index in [0.717, 1.165) is 18.8 Å². The molecule has 8 heteroatoms. The Labute approximate surface area is 125 Å². The monoisotopic (exact) mass is 318 g/mol. The molecule has 1 aliphatic rings. The summed E-state index contributed by atoms with van der Waals surface area (Å²) in [5.74, 6) is 0.860. The Bertz CT molecular complexity index is 599. The number of sulfone groups is 1. The Balaban J connectivity index is 2.17. The highest BCUT2D eigenvalue weighted by Crippen LogP contribution is 2.31. The topological polar surface area (TPSA) is 71.0 Å². The summed E-state index contributed by atoms with van der Waals surface area (Å²) in [7, 11) is -1.12. The van der Waals surface area contributed by atoms with Crippen molar-refractivity contribution in [3.63, 3.8) is 0 Å². The van der Waals surface area contributed by atoms with Gasteiger partial charge < -0.3 is 4.90 Å². The predicted octanol–water partition coefficient (Wildman–Crippen LogP) is 1.93. The summed E-state index contributed by atoms with van der Waals surface area (Å²) in [6, 6.07) is 0.380. The van der Waals surface area contributed by atoms with Crippen LogP contribution >= 0.6 is 12.2 Å². The lowest BCUT2D eigenvalue weighted by molar-refractivity contribution is 0.351. The minimum Gasteiger partial charge on any atom is -0.343 e. The van der Waals surface area contributed by atoms with Crippen LogP contribution in [-0.2, 0) is 9.84 Å². The second-order valence-corrected chi connectivity index (χ2v) is 8.19. The summed E-state index contributed by atoms with van der Waals surface area (Å²) >= 11 is 5.33. The van der Waals surface area contributed by atoms with Crippen LogP contribution in [-0.4, -0.2) is 48.8 Å². The normalized spacial score (nSPS) is 17.3. The SMILES string of the molecule is CN(CCS(C)(=O)=O)c1n[nH]c(=S)n1C1CCCCC1. The number of rotatable bonds is 5. The van der Waals surface area contributed by atoms with Gasteiger partial charge in [-0.2, -0.15) is 0 Å². The number of anilines is 1. The van der Waals surface area contributed by atoms with E-state index in [2.05, 4.69) is 14.8 Å². The van der Waals surface area contributed by atoms with Crippen molar-refractivity contribution in [1.82, 2.24) is 14.8 Å². The van der Waals surface area contributed by atoms with E-state index in [-0.39, 0.29) is 5.75 Å². The summed E-state index contributed by atoms with van der Waals surface area (Å²) in [4.78, 5) is 1.86. The van der Waals surface area contributed by atoms with E-state index in [1.54, 1.807) is 0 Å². The summed E-state index contributed by atoms with van der Waals surface area (Å²) in [6.07, 6.45) is 7.18. The van der Waals surface area contributed by atoms with Gasteiger partial charge in [0.05, 0.1) is 5.75 Å². The molecule has 1 heterocycles. The Hall–Kier alpha value is -0.890. The summed E-state index contributed by atoms with van der Waals surface area (Å²) in [5.41, 5.74) is 0. The molecular formula is C12H22N4O2S2. The fourth-order valence-electron chi connectivity index (χ4n) is 2.64. The molecular weight excluding hydrogens is 296 g/mol. The van der Waals surface area contributed by atoms with Gasteiger partial charge in [0.1, 0.15) is 9.84 Å². The highest BCUT2D eigenvalue weighted by Gasteiger charge is 2.21. The van der Waals surface area contributed by atoms with Crippen LogP contribution < -0.4 is 4.90 Å². The summed E-state index contributed by atoms with van der Waals surface area (Å²) in [5, 5.41) is 7.11. The lowest BCUT2D eigenvalue weighted by Gasteiger charge is -2.27. The van der Waals surface area contributed by atoms with E-state index in [1.807, 2.05) is 11.9 Å². The average molecular weight is 318 g/mol. The Morgan fingerprint density at radius 2 is 2.05 bits per heavy atom. The Morgan fingerprint density at radius 3 is 2.65 bits per heavy atom. The lowest BCUT2D eigenvalue weighted by atomic mass is 9.95. The van der Waals surface area contributed by atoms with Crippen molar-refractivity contribution >= 4 is 28.0 Å². The van der Waals surface area contributed by atoms with Crippen LogP contribution in [0.1, 0.15) is 38.1 Å². The third kappa shape index (κ3) is 3.82. The first-order valence-corrected chi connectivity index (χ1v) is 9.41. The van der Waals surface area contributed by atoms with E-state index in [0.29, 0.717) is 17.4 Å². The molecule has 0 aliphatic heterocycles. The van der Waals surface area contributed by atoms with Crippen molar-refractivity contribution in [2.24, 2.45) is 0 Å². The predicted molar refractivity (Wildman–Crippen MR) is 82.5 cm³/mol. The average Bonchev–Trinajstić information content (AvgIpc) is 2.78. The van der Waals surface area contributed by atoms with Gasteiger partial charge in [-0.05, 0) is 25.1 Å². The Kier molecular flexibility index (Phi) is 4.85. The van der Waals surface area contributed by atoms with Crippen LogP contribution in [0, 0.1) is 4.77 Å². The quantitative estimate of drug-likeness (QED) is 0.840. The maximum absolute atomic E-state index is 11.3. The zero-order valence-corrected chi connectivity index (χ0v) is 13.6. The number of hydrogen-bond acceptors (Lipinski definition) is 5. The van der Waals surface area contributed by atoms with Crippen LogP contribution in [0.4, 0.5) is 5.95 Å². The second-order valence-electron chi connectivity index (χ2n) is 5.54. The van der Waals surface area contributed by atoms with Gasteiger partial charge in [-0.3, -0.25) is 4.57 Å². The molecule has 0 spiro atoms. The van der Waals surface area contributed by atoms with Gasteiger partial charge in [0, 0.05) is 25.9 Å². The molecule has 0 atom stereocenters. The molecule has 0 radical (unpaired) electrons. The summed E-state index contributed by atoms with van der Waals surface area (Å²) in [6.45, 7) is 0.422. The number of aromatic nitrogens is 3. The number of hydrogen-bond donors (Lipinski definition) is 1. The molecule has 1 saturated carbocycles. The highest BCUT2D eigenvalue weighted by atomic mass is 32.2. The maximum Gasteiger partial charge on any atom is 0.225 e. The van der Waals surface area contributed by atoms with Crippen molar-refractivity contribution in [1.29, 1.82) is 0 Å². The van der Waals surface area contributed by atoms with Crippen molar-refractivity contribution in [2.75, 3.05) is 30.5 Å². The molecule has 2 rings (SSSR count). The fourth-order valence-corrected chi connectivity index (χ4v) is 3.52. The molecule has 1 N–H and O–H groups in total. The van der Waals surface area contributed by atoms with Gasteiger partial charge in [-0.1, -0.05) is 19.3 Å². The molecule has 0 amide bonds. The molecule has 0 aromatic carbocycles. The second kappa shape index (κ2) is 6.26. The van der Waals surface area contributed by atoms with Crippen LogP contribution in [0.3, 0.4) is 0 Å². The number of nitrogens with one attached hydrogen (secondary N) is 1. The van der Waals surface area contributed by atoms with Crippen LogP contribution in [0.2, 0.25) is 0 Å². The first-order valence-electron chi connectivity index (χ1n) is 6.94. The number of aromatic amines is 1. The number of H-pyrrole nitrogens is 1. The van der Waals surface area contributed by atoms with Gasteiger partial charge in [-0.25, -0.2) is 13.5 Å². The standard InChI is InChI=1S/C12H22N4O2S2/c1-15(8-9-20(2,17)18)11-13-14-12(19)16(11)10-6-4-3-5-7-10/h10H,3-9H2,1-2H3,(H,14,19). The minimum atomic E-state index is -2.97. The smallest absolute Gasteiger partial charge is 0.225 e. The molecule has 0 unspecified atom stereocenters. The van der Waals surface area contributed by atoms with Crippen LogP contribution in [0.5, 0.6) is 0 Å². The van der Waals surface area contributed by atoms with Gasteiger partial charge in [0.25, 0.3) is 0 Å². The largest absolute Gasteiger partial charge is 0.343 e. The van der Waals surface area contributed by atoms with Crippen molar-refractivity contribution in [3.05, 3.63) is 4.77 Å². The van der Waals surface area contributed by atoms with E-state index >= 15 is 0 Å². The summed E-state index contributed by atoms with van der Waals surface area (Å²) < 4.78 is 25.2. The van der Waals surface area contributed by atoms with Gasteiger partial charge >= 0.3 is 0 Å². The van der Waals surface area contributed by atoms with Crippen LogP contribution in [0.25, 0.3) is 0 Å². The minimum absolute atomic E-state index is 0.119. The molecule has 114 valence electrons. The first-order chi connectivity index (χ1) is 9.38. The van der Waals surface area contributed by atoms with E-state index < -0.39 is 9.84 Å². The van der Waals surface area contributed by atoms with Crippen molar-refractivity contribution < 1.29 is 8.42 Å². The van der Waals surface area contributed by atoms with E-state index in [4.69, 9.17) is 12.2 Å². The van der Waals surface area contributed by atoms with Crippen LogP contribution in [0.15, 0.2) is 0 Å². The third-order valence-electron chi connectivity index (χ3n) is 3.76. The van der Waals surface area contributed by atoms with Crippen molar-refractivity contribution in [2.45, 2.75) is 38.1 Å². The highest BCUT2D eigenvalue weighted by molar-refractivity contribution is 7.90. The van der Waals surface area contributed by atoms with Gasteiger partial charge in [0.15, 0.2) is 4.77 Å². The van der Waals surface area contributed by atoms with Gasteiger partial charge in [0.2, 0.25) is 5.95 Å². The molecule has 0 saturated heterocycles. The van der Waals surface area contributed by atoms with Crippen molar-refractivity contribution in [3.8, 4) is 0 Å². The lowest BCUT2D eigenvalue weighted by Crippen LogP contribution is -2.29. The first kappa shape index (κ1) is 15.5. The zero-order valence-electron chi connectivity index (χ0n) is 12.0.